The first-order chi connectivity index (χ1) is 8.70. The maximum atomic E-state index is 9.96. The fourth-order valence-corrected chi connectivity index (χ4v) is 2.63. The molecular formula is C13H17N3O2. The molecule has 1 aliphatic carbocycles. The summed E-state index contributed by atoms with van der Waals surface area (Å²) in [6, 6.07) is 3.89. The fourth-order valence-electron chi connectivity index (χ4n) is 2.63. The standard InChI is InChI=1S/C13H17N3O2/c1-15-13(18-2)8-12(14-15)16-7-6-9-10(16)4-3-5-11(9)17/h6-8,11,17H,3-5H2,1-2H3. The average molecular weight is 247 g/mol. The first-order valence-electron chi connectivity index (χ1n) is 6.17. The van der Waals surface area contributed by atoms with Crippen LogP contribution in [0, 0.1) is 0 Å². The van der Waals surface area contributed by atoms with E-state index in [2.05, 4.69) is 5.10 Å². The van der Waals surface area contributed by atoms with Gasteiger partial charge in [-0.3, -0.25) is 0 Å². The summed E-state index contributed by atoms with van der Waals surface area (Å²) < 4.78 is 8.98. The van der Waals surface area contributed by atoms with Crippen molar-refractivity contribution in [2.45, 2.75) is 25.4 Å². The van der Waals surface area contributed by atoms with Crippen molar-refractivity contribution >= 4 is 0 Å². The molecule has 2 heterocycles. The Hall–Kier alpha value is -1.75. The number of hydrogen-bond donors (Lipinski definition) is 1. The van der Waals surface area contributed by atoms with Crippen LogP contribution in [-0.2, 0) is 13.5 Å². The van der Waals surface area contributed by atoms with E-state index in [9.17, 15) is 5.11 Å². The van der Waals surface area contributed by atoms with Gasteiger partial charge in [-0.05, 0) is 25.3 Å². The van der Waals surface area contributed by atoms with Crippen LogP contribution in [0.2, 0.25) is 0 Å². The Kier molecular flexibility index (Phi) is 2.63. The lowest BCUT2D eigenvalue weighted by molar-refractivity contribution is 0.156. The predicted octanol–water partition coefficient (Wildman–Crippen LogP) is 1.59. The first kappa shape index (κ1) is 11.3. The number of fused-ring (bicyclic) bond motifs is 1. The highest BCUT2D eigenvalue weighted by Gasteiger charge is 2.22. The van der Waals surface area contributed by atoms with Gasteiger partial charge in [0.2, 0.25) is 5.88 Å². The number of aliphatic hydroxyl groups is 1. The van der Waals surface area contributed by atoms with Crippen LogP contribution in [0.15, 0.2) is 18.3 Å². The second-order valence-corrected chi connectivity index (χ2v) is 4.66. The van der Waals surface area contributed by atoms with E-state index in [0.717, 1.165) is 42.2 Å². The summed E-state index contributed by atoms with van der Waals surface area (Å²) in [7, 11) is 3.49. The van der Waals surface area contributed by atoms with Crippen LogP contribution in [0.1, 0.15) is 30.2 Å². The van der Waals surface area contributed by atoms with E-state index >= 15 is 0 Å². The molecule has 0 saturated heterocycles. The van der Waals surface area contributed by atoms with Crippen molar-refractivity contribution in [2.24, 2.45) is 7.05 Å². The summed E-state index contributed by atoms with van der Waals surface area (Å²) >= 11 is 0. The molecule has 96 valence electrons. The van der Waals surface area contributed by atoms with E-state index < -0.39 is 0 Å². The molecule has 0 bridgehead atoms. The van der Waals surface area contributed by atoms with Crippen molar-refractivity contribution in [1.29, 1.82) is 0 Å². The van der Waals surface area contributed by atoms with Gasteiger partial charge in [0, 0.05) is 30.6 Å². The Labute approximate surface area is 106 Å². The van der Waals surface area contributed by atoms with E-state index in [1.807, 2.05) is 29.9 Å². The number of rotatable bonds is 2. The van der Waals surface area contributed by atoms with Crippen molar-refractivity contribution in [3.05, 3.63) is 29.6 Å². The Morgan fingerprint density at radius 2 is 2.33 bits per heavy atom. The molecule has 0 amide bonds. The van der Waals surface area contributed by atoms with Crippen molar-refractivity contribution in [2.75, 3.05) is 7.11 Å². The molecule has 18 heavy (non-hydrogen) atoms. The highest BCUT2D eigenvalue weighted by Crippen LogP contribution is 2.32. The number of nitrogens with zero attached hydrogens (tertiary/aromatic N) is 3. The number of aryl methyl sites for hydroxylation is 1. The van der Waals surface area contributed by atoms with E-state index in [0.29, 0.717) is 0 Å². The van der Waals surface area contributed by atoms with E-state index in [4.69, 9.17) is 4.74 Å². The molecular weight excluding hydrogens is 230 g/mol. The second-order valence-electron chi connectivity index (χ2n) is 4.66. The molecule has 1 unspecified atom stereocenters. The Morgan fingerprint density at radius 1 is 1.50 bits per heavy atom. The maximum absolute atomic E-state index is 9.96. The van der Waals surface area contributed by atoms with Gasteiger partial charge in [-0.25, -0.2) is 4.68 Å². The van der Waals surface area contributed by atoms with Crippen LogP contribution in [0.5, 0.6) is 5.88 Å². The molecule has 3 rings (SSSR count). The van der Waals surface area contributed by atoms with E-state index in [1.165, 1.54) is 0 Å². The van der Waals surface area contributed by atoms with Gasteiger partial charge in [0.1, 0.15) is 0 Å². The quantitative estimate of drug-likeness (QED) is 0.876. The smallest absolute Gasteiger partial charge is 0.213 e. The van der Waals surface area contributed by atoms with Crippen LogP contribution < -0.4 is 4.74 Å². The molecule has 2 aromatic heterocycles. The third-order valence-corrected chi connectivity index (χ3v) is 3.56. The zero-order chi connectivity index (χ0) is 12.7. The number of aliphatic hydroxyl groups excluding tert-OH is 1. The Morgan fingerprint density at radius 3 is 3.06 bits per heavy atom. The minimum absolute atomic E-state index is 0.333. The molecule has 5 heteroatoms. The van der Waals surface area contributed by atoms with Gasteiger partial charge in [-0.1, -0.05) is 0 Å². The minimum Gasteiger partial charge on any atom is -0.481 e. The summed E-state index contributed by atoms with van der Waals surface area (Å²) in [5.74, 6) is 1.56. The lowest BCUT2D eigenvalue weighted by Gasteiger charge is -2.19. The lowest BCUT2D eigenvalue weighted by Crippen LogP contribution is -2.11. The summed E-state index contributed by atoms with van der Waals surface area (Å²) in [6.07, 6.45) is 4.49. The number of methoxy groups -OCH3 is 1. The molecule has 2 aromatic rings. The maximum Gasteiger partial charge on any atom is 0.213 e. The summed E-state index contributed by atoms with van der Waals surface area (Å²) in [5, 5.41) is 14.4. The van der Waals surface area contributed by atoms with Gasteiger partial charge >= 0.3 is 0 Å². The molecule has 0 radical (unpaired) electrons. The molecule has 0 aliphatic heterocycles. The van der Waals surface area contributed by atoms with Crippen molar-refractivity contribution < 1.29 is 9.84 Å². The van der Waals surface area contributed by atoms with Crippen molar-refractivity contribution in [3.63, 3.8) is 0 Å². The van der Waals surface area contributed by atoms with Crippen LogP contribution in [0.3, 0.4) is 0 Å². The second kappa shape index (κ2) is 4.17. The van der Waals surface area contributed by atoms with Crippen LogP contribution in [0.25, 0.3) is 5.82 Å². The topological polar surface area (TPSA) is 52.2 Å². The van der Waals surface area contributed by atoms with Gasteiger partial charge < -0.3 is 14.4 Å². The molecule has 5 nitrogen and oxygen atoms in total. The third-order valence-electron chi connectivity index (χ3n) is 3.56. The van der Waals surface area contributed by atoms with Crippen molar-refractivity contribution in [1.82, 2.24) is 14.3 Å². The molecule has 1 atom stereocenters. The SMILES string of the molecule is COc1cc(-n2ccc3c2CCCC3O)nn1C. The Bertz CT molecular complexity index is 571. The van der Waals surface area contributed by atoms with Gasteiger partial charge in [0.25, 0.3) is 0 Å². The van der Waals surface area contributed by atoms with Crippen LogP contribution in [-0.4, -0.2) is 26.6 Å². The highest BCUT2D eigenvalue weighted by atomic mass is 16.5. The molecule has 0 aromatic carbocycles. The monoisotopic (exact) mass is 247 g/mol. The zero-order valence-electron chi connectivity index (χ0n) is 10.6. The number of aromatic nitrogens is 3. The predicted molar refractivity (Wildman–Crippen MR) is 67.0 cm³/mol. The van der Waals surface area contributed by atoms with Gasteiger partial charge in [0.05, 0.1) is 13.2 Å². The molecule has 0 saturated carbocycles. The fraction of sp³-hybridized carbons (Fsp3) is 0.462. The average Bonchev–Trinajstić information content (AvgIpc) is 2.93. The first-order valence-corrected chi connectivity index (χ1v) is 6.17. The summed E-state index contributed by atoms with van der Waals surface area (Å²) in [5.41, 5.74) is 2.19. The third kappa shape index (κ3) is 1.62. The molecule has 0 fully saturated rings. The largest absolute Gasteiger partial charge is 0.481 e. The lowest BCUT2D eigenvalue weighted by atomic mass is 9.95. The van der Waals surface area contributed by atoms with Crippen LogP contribution >= 0.6 is 0 Å². The van der Waals surface area contributed by atoms with Crippen molar-refractivity contribution in [3.8, 4) is 11.7 Å². The normalized spacial score (nSPS) is 18.7. The van der Waals surface area contributed by atoms with Gasteiger partial charge in [0.15, 0.2) is 5.82 Å². The molecule has 1 N–H and O–H groups in total. The zero-order valence-corrected chi connectivity index (χ0v) is 10.6. The van der Waals surface area contributed by atoms with Gasteiger partial charge in [-0.2, -0.15) is 5.10 Å². The number of ether oxygens (including phenoxy) is 1. The minimum atomic E-state index is -0.333. The summed E-state index contributed by atoms with van der Waals surface area (Å²) in [6.45, 7) is 0. The molecule has 1 aliphatic rings. The molecule has 0 spiro atoms. The van der Waals surface area contributed by atoms with E-state index in [-0.39, 0.29) is 6.10 Å². The summed E-state index contributed by atoms with van der Waals surface area (Å²) in [4.78, 5) is 0. The number of hydrogen-bond acceptors (Lipinski definition) is 3. The van der Waals surface area contributed by atoms with Crippen LogP contribution in [0.4, 0.5) is 0 Å². The Balaban J connectivity index is 2.06. The van der Waals surface area contributed by atoms with Gasteiger partial charge in [-0.15, -0.1) is 0 Å². The highest BCUT2D eigenvalue weighted by molar-refractivity contribution is 5.37. The van der Waals surface area contributed by atoms with E-state index in [1.54, 1.807) is 11.8 Å².